The van der Waals surface area contributed by atoms with Crippen molar-refractivity contribution in [2.24, 2.45) is 0 Å². The van der Waals surface area contributed by atoms with Crippen LogP contribution < -0.4 is 20.1 Å². The van der Waals surface area contributed by atoms with Crippen LogP contribution in [0.4, 0.5) is 4.79 Å². The molecule has 0 bridgehead atoms. The Morgan fingerprint density at radius 2 is 1.87 bits per heavy atom. The van der Waals surface area contributed by atoms with Crippen molar-refractivity contribution in [2.45, 2.75) is 19.6 Å². The Morgan fingerprint density at radius 3 is 2.77 bits per heavy atom. The Morgan fingerprint density at radius 1 is 1.06 bits per heavy atom. The van der Waals surface area contributed by atoms with Crippen LogP contribution in [0, 0.1) is 0 Å². The van der Waals surface area contributed by atoms with Gasteiger partial charge in [-0.2, -0.15) is 0 Å². The highest BCUT2D eigenvalue weighted by Crippen LogP contribution is 2.34. The van der Waals surface area contributed by atoms with E-state index >= 15 is 0 Å². The van der Waals surface area contributed by atoms with Crippen LogP contribution in [0.3, 0.4) is 0 Å². The molecule has 0 aliphatic carbocycles. The molecule has 0 saturated heterocycles. The molecule has 2 heterocycles. The van der Waals surface area contributed by atoms with Crippen LogP contribution in [0.15, 0.2) is 71.9 Å². The number of esters is 1. The fourth-order valence-electron chi connectivity index (χ4n) is 3.96. The van der Waals surface area contributed by atoms with Gasteiger partial charge in [0.15, 0.2) is 11.5 Å². The second-order valence-corrected chi connectivity index (χ2v) is 7.40. The molecule has 5 rings (SSSR count). The van der Waals surface area contributed by atoms with Crippen LogP contribution in [0.5, 0.6) is 11.5 Å². The third kappa shape index (κ3) is 3.54. The minimum atomic E-state index is -0.621. The van der Waals surface area contributed by atoms with E-state index < -0.39 is 12.0 Å². The third-order valence-corrected chi connectivity index (χ3v) is 5.43. The SMILES string of the molecule is CC1=C(C(=O)OCc2ccc3c(c2)OCO3)C(c2cccc3ccccc23)NC(=O)N1. The number of hydrogen-bond acceptors (Lipinski definition) is 5. The van der Waals surface area contributed by atoms with Crippen LogP contribution in [0.25, 0.3) is 10.8 Å². The molecule has 2 aliphatic heterocycles. The monoisotopic (exact) mass is 416 g/mol. The Hall–Kier alpha value is -4.00. The van der Waals surface area contributed by atoms with Gasteiger partial charge in [0.05, 0.1) is 11.6 Å². The van der Waals surface area contributed by atoms with Gasteiger partial charge in [0, 0.05) is 5.70 Å². The van der Waals surface area contributed by atoms with Gasteiger partial charge in [-0.1, -0.05) is 48.5 Å². The fourth-order valence-corrected chi connectivity index (χ4v) is 3.96. The molecular formula is C24H20N2O5. The molecule has 3 aromatic carbocycles. The largest absolute Gasteiger partial charge is 0.457 e. The normalized spacial score (nSPS) is 17.3. The van der Waals surface area contributed by atoms with Gasteiger partial charge < -0.3 is 24.8 Å². The molecule has 7 heteroatoms. The first kappa shape index (κ1) is 19.0. The van der Waals surface area contributed by atoms with Crippen molar-refractivity contribution in [3.8, 4) is 11.5 Å². The minimum absolute atomic E-state index is 0.0719. The first-order valence-electron chi connectivity index (χ1n) is 9.92. The highest BCUT2D eigenvalue weighted by atomic mass is 16.7. The van der Waals surface area contributed by atoms with E-state index in [9.17, 15) is 9.59 Å². The van der Waals surface area contributed by atoms with Crippen molar-refractivity contribution < 1.29 is 23.8 Å². The van der Waals surface area contributed by atoms with Crippen LogP contribution in [0.2, 0.25) is 0 Å². The van der Waals surface area contributed by atoms with Crippen molar-refractivity contribution in [3.05, 3.63) is 83.1 Å². The summed E-state index contributed by atoms with van der Waals surface area (Å²) in [5, 5.41) is 7.55. The van der Waals surface area contributed by atoms with Gasteiger partial charge in [-0.3, -0.25) is 0 Å². The summed E-state index contributed by atoms with van der Waals surface area (Å²) in [6, 6.07) is 18.1. The van der Waals surface area contributed by atoms with E-state index in [-0.39, 0.29) is 19.4 Å². The minimum Gasteiger partial charge on any atom is -0.457 e. The molecule has 2 N–H and O–H groups in total. The van der Waals surface area contributed by atoms with E-state index in [1.807, 2.05) is 48.5 Å². The van der Waals surface area contributed by atoms with E-state index in [0.717, 1.165) is 21.9 Å². The van der Waals surface area contributed by atoms with Gasteiger partial charge in [-0.05, 0) is 41.0 Å². The molecule has 3 aromatic rings. The summed E-state index contributed by atoms with van der Waals surface area (Å²) in [6.45, 7) is 1.96. The lowest BCUT2D eigenvalue weighted by Gasteiger charge is -2.29. The first-order chi connectivity index (χ1) is 15.1. The number of rotatable bonds is 4. The molecule has 0 spiro atoms. The fraction of sp³-hybridized carbons (Fsp3) is 0.167. The molecule has 0 fully saturated rings. The number of carbonyl (C=O) groups is 2. The number of benzene rings is 3. The van der Waals surface area contributed by atoms with Crippen LogP contribution in [-0.4, -0.2) is 18.8 Å². The number of allylic oxidation sites excluding steroid dienone is 1. The number of nitrogens with one attached hydrogen (secondary N) is 2. The van der Waals surface area contributed by atoms with Gasteiger partial charge in [0.25, 0.3) is 0 Å². The number of urea groups is 1. The zero-order chi connectivity index (χ0) is 21.4. The van der Waals surface area contributed by atoms with E-state index in [0.29, 0.717) is 22.8 Å². The maximum atomic E-state index is 13.1. The van der Waals surface area contributed by atoms with E-state index in [1.165, 1.54) is 0 Å². The van der Waals surface area contributed by atoms with Crippen molar-refractivity contribution in [1.29, 1.82) is 0 Å². The molecule has 156 valence electrons. The first-order valence-corrected chi connectivity index (χ1v) is 9.92. The number of amides is 2. The summed E-state index contributed by atoms with van der Waals surface area (Å²) in [5.74, 6) is 0.800. The summed E-state index contributed by atoms with van der Waals surface area (Å²) in [4.78, 5) is 25.3. The topological polar surface area (TPSA) is 85.9 Å². The second-order valence-electron chi connectivity index (χ2n) is 7.40. The van der Waals surface area contributed by atoms with Crippen molar-refractivity contribution in [2.75, 3.05) is 6.79 Å². The van der Waals surface area contributed by atoms with Crippen molar-refractivity contribution in [3.63, 3.8) is 0 Å². The van der Waals surface area contributed by atoms with Gasteiger partial charge >= 0.3 is 12.0 Å². The molecule has 1 unspecified atom stereocenters. The molecular weight excluding hydrogens is 396 g/mol. The summed E-state index contributed by atoms with van der Waals surface area (Å²) < 4.78 is 16.3. The molecule has 0 aromatic heterocycles. The van der Waals surface area contributed by atoms with Crippen LogP contribution in [-0.2, 0) is 16.1 Å². The standard InChI is InChI=1S/C24H20N2O5/c1-14-21(23(27)29-12-15-9-10-19-20(11-15)31-13-30-19)22(26-24(28)25-14)18-8-4-6-16-5-2-3-7-17(16)18/h2-11,22H,12-13H2,1H3,(H2,25,26,28). The zero-order valence-corrected chi connectivity index (χ0v) is 16.8. The van der Waals surface area contributed by atoms with Gasteiger partial charge in [0.2, 0.25) is 6.79 Å². The van der Waals surface area contributed by atoms with Crippen molar-refractivity contribution >= 4 is 22.8 Å². The average Bonchev–Trinajstić information content (AvgIpc) is 3.24. The molecule has 2 aliphatic rings. The summed E-state index contributed by atoms with van der Waals surface area (Å²) >= 11 is 0. The number of fused-ring (bicyclic) bond motifs is 2. The predicted molar refractivity (Wildman–Crippen MR) is 113 cm³/mol. The summed E-state index contributed by atoms with van der Waals surface area (Å²) in [5.41, 5.74) is 2.46. The summed E-state index contributed by atoms with van der Waals surface area (Å²) in [6.07, 6.45) is 0. The van der Waals surface area contributed by atoms with Crippen LogP contribution >= 0.6 is 0 Å². The Labute approximate surface area is 178 Å². The molecule has 0 radical (unpaired) electrons. The van der Waals surface area contributed by atoms with Crippen LogP contribution in [0.1, 0.15) is 24.1 Å². The average molecular weight is 416 g/mol. The van der Waals surface area contributed by atoms with Gasteiger partial charge in [-0.25, -0.2) is 9.59 Å². The zero-order valence-electron chi connectivity index (χ0n) is 16.8. The molecule has 1 atom stereocenters. The highest BCUT2D eigenvalue weighted by Gasteiger charge is 2.33. The molecule has 31 heavy (non-hydrogen) atoms. The molecule has 2 amide bonds. The molecule has 0 saturated carbocycles. The maximum Gasteiger partial charge on any atom is 0.338 e. The number of hydrogen-bond donors (Lipinski definition) is 2. The second kappa shape index (κ2) is 7.68. The third-order valence-electron chi connectivity index (χ3n) is 5.43. The quantitative estimate of drug-likeness (QED) is 0.630. The Bertz CT molecular complexity index is 1230. The summed E-state index contributed by atoms with van der Waals surface area (Å²) in [7, 11) is 0. The van der Waals surface area contributed by atoms with Crippen molar-refractivity contribution in [1.82, 2.24) is 10.6 Å². The van der Waals surface area contributed by atoms with E-state index in [4.69, 9.17) is 14.2 Å². The lowest BCUT2D eigenvalue weighted by atomic mass is 9.91. The smallest absolute Gasteiger partial charge is 0.338 e. The molecule has 7 nitrogen and oxygen atoms in total. The van der Waals surface area contributed by atoms with E-state index in [2.05, 4.69) is 10.6 Å². The van der Waals surface area contributed by atoms with Gasteiger partial charge in [0.1, 0.15) is 6.61 Å². The number of ether oxygens (including phenoxy) is 3. The van der Waals surface area contributed by atoms with E-state index in [1.54, 1.807) is 19.1 Å². The Balaban J connectivity index is 1.44. The lowest BCUT2D eigenvalue weighted by molar-refractivity contribution is -0.140. The van der Waals surface area contributed by atoms with Gasteiger partial charge in [-0.15, -0.1) is 0 Å². The number of carbonyl (C=O) groups excluding carboxylic acids is 2. The highest BCUT2D eigenvalue weighted by molar-refractivity contribution is 5.97. The Kier molecular flexibility index (Phi) is 4.71. The maximum absolute atomic E-state index is 13.1. The lowest BCUT2D eigenvalue weighted by Crippen LogP contribution is -2.45. The predicted octanol–water partition coefficient (Wildman–Crippen LogP) is 3.94.